The number of amides is 1. The van der Waals surface area contributed by atoms with Crippen LogP contribution in [0, 0.1) is 0 Å². The van der Waals surface area contributed by atoms with Gasteiger partial charge in [-0.15, -0.1) is 0 Å². The summed E-state index contributed by atoms with van der Waals surface area (Å²) in [7, 11) is 0. The molecule has 0 bridgehead atoms. The van der Waals surface area contributed by atoms with E-state index in [0.29, 0.717) is 16.8 Å². The van der Waals surface area contributed by atoms with Gasteiger partial charge in [0.2, 0.25) is 5.91 Å². The van der Waals surface area contributed by atoms with Gasteiger partial charge in [-0.1, -0.05) is 66.7 Å². The summed E-state index contributed by atoms with van der Waals surface area (Å²) in [5.74, 6) is -0.311. The van der Waals surface area contributed by atoms with Crippen LogP contribution in [0.3, 0.4) is 0 Å². The average molecular weight is 315 g/mol. The molecule has 3 aromatic carbocycles. The van der Waals surface area contributed by atoms with E-state index in [-0.39, 0.29) is 11.7 Å². The third kappa shape index (κ3) is 3.41. The maximum atomic E-state index is 12.7. The van der Waals surface area contributed by atoms with Gasteiger partial charge in [-0.2, -0.15) is 0 Å². The van der Waals surface area contributed by atoms with Crippen molar-refractivity contribution in [3.8, 4) is 11.1 Å². The Morgan fingerprint density at radius 1 is 0.708 bits per heavy atom. The molecule has 0 fully saturated rings. The molecule has 3 heteroatoms. The van der Waals surface area contributed by atoms with Crippen molar-refractivity contribution in [2.24, 2.45) is 0 Å². The highest BCUT2D eigenvalue weighted by atomic mass is 16.1. The summed E-state index contributed by atoms with van der Waals surface area (Å²) in [6.07, 6.45) is 0. The van der Waals surface area contributed by atoms with E-state index in [4.69, 9.17) is 0 Å². The van der Waals surface area contributed by atoms with Gasteiger partial charge in [0.1, 0.15) is 0 Å². The molecule has 24 heavy (non-hydrogen) atoms. The van der Waals surface area contributed by atoms with Gasteiger partial charge < -0.3 is 5.32 Å². The van der Waals surface area contributed by atoms with Gasteiger partial charge in [-0.05, 0) is 23.3 Å². The normalized spacial score (nSPS) is 10.2. The molecule has 1 amide bonds. The highest BCUT2D eigenvalue weighted by Crippen LogP contribution is 2.23. The Morgan fingerprint density at radius 3 is 1.96 bits per heavy atom. The third-order valence-electron chi connectivity index (χ3n) is 3.74. The largest absolute Gasteiger partial charge is 0.326 e. The molecule has 0 atom stereocenters. The first-order chi connectivity index (χ1) is 11.6. The Kier molecular flexibility index (Phi) is 4.52. The first kappa shape index (κ1) is 15.7. The molecule has 118 valence electrons. The number of para-hydroxylation sites is 1. The summed E-state index contributed by atoms with van der Waals surface area (Å²) in [6, 6.07) is 24.5. The molecule has 0 aliphatic rings. The number of benzene rings is 3. The fourth-order valence-electron chi connectivity index (χ4n) is 2.58. The number of nitrogens with one attached hydrogen (secondary N) is 1. The van der Waals surface area contributed by atoms with E-state index in [9.17, 15) is 9.59 Å². The number of anilines is 1. The molecule has 0 spiro atoms. The molecule has 3 rings (SSSR count). The first-order valence-corrected chi connectivity index (χ1v) is 7.72. The van der Waals surface area contributed by atoms with Crippen molar-refractivity contribution in [1.29, 1.82) is 0 Å². The van der Waals surface area contributed by atoms with E-state index in [0.717, 1.165) is 11.1 Å². The Labute approximate surface area is 141 Å². The first-order valence-electron chi connectivity index (χ1n) is 7.72. The molecule has 0 aliphatic carbocycles. The minimum absolute atomic E-state index is 0.112. The van der Waals surface area contributed by atoms with Crippen LogP contribution in [0.4, 0.5) is 5.69 Å². The number of hydrogen-bond acceptors (Lipinski definition) is 2. The van der Waals surface area contributed by atoms with E-state index >= 15 is 0 Å². The van der Waals surface area contributed by atoms with Crippen LogP contribution >= 0.6 is 0 Å². The number of carbonyl (C=O) groups is 2. The van der Waals surface area contributed by atoms with Crippen molar-refractivity contribution in [1.82, 2.24) is 0 Å². The summed E-state index contributed by atoms with van der Waals surface area (Å²) in [5.41, 5.74) is 3.77. The minimum Gasteiger partial charge on any atom is -0.326 e. The van der Waals surface area contributed by atoms with Crippen LogP contribution < -0.4 is 5.32 Å². The Hall–Kier alpha value is -3.20. The van der Waals surface area contributed by atoms with Crippen molar-refractivity contribution in [2.45, 2.75) is 6.92 Å². The Bertz CT molecular complexity index is 868. The van der Waals surface area contributed by atoms with Crippen LogP contribution in [0.2, 0.25) is 0 Å². The summed E-state index contributed by atoms with van der Waals surface area (Å²) in [4.78, 5) is 24.0. The molecular weight excluding hydrogens is 298 g/mol. The minimum atomic E-state index is -0.199. The maximum absolute atomic E-state index is 12.7. The lowest BCUT2D eigenvalue weighted by Gasteiger charge is -2.09. The second kappa shape index (κ2) is 6.92. The highest BCUT2D eigenvalue weighted by molar-refractivity contribution is 6.13. The second-order valence-electron chi connectivity index (χ2n) is 5.50. The number of carbonyl (C=O) groups excluding carboxylic acids is 2. The lowest BCUT2D eigenvalue weighted by Crippen LogP contribution is -2.11. The zero-order valence-electron chi connectivity index (χ0n) is 13.3. The number of hydrogen-bond donors (Lipinski definition) is 1. The standard InChI is InChI=1S/C21H17NO2/c1-15(23)22-20-10-6-5-9-19(20)21(24)18-13-11-17(12-14-18)16-7-3-2-4-8-16/h2-14H,1H3,(H,22,23). The van der Waals surface area contributed by atoms with Gasteiger partial charge in [0.15, 0.2) is 5.78 Å². The lowest BCUT2D eigenvalue weighted by molar-refractivity contribution is -0.114. The second-order valence-corrected chi connectivity index (χ2v) is 5.50. The summed E-state index contributed by atoms with van der Waals surface area (Å²) in [5, 5.41) is 2.70. The lowest BCUT2D eigenvalue weighted by atomic mass is 9.98. The molecule has 1 N–H and O–H groups in total. The molecule has 0 saturated carbocycles. The van der Waals surface area contributed by atoms with Gasteiger partial charge in [0, 0.05) is 18.1 Å². The summed E-state index contributed by atoms with van der Waals surface area (Å²) < 4.78 is 0. The van der Waals surface area contributed by atoms with E-state index in [1.54, 1.807) is 24.3 Å². The van der Waals surface area contributed by atoms with Crippen molar-refractivity contribution in [2.75, 3.05) is 5.32 Å². The van der Waals surface area contributed by atoms with Gasteiger partial charge in [0.25, 0.3) is 0 Å². The van der Waals surface area contributed by atoms with Crippen LogP contribution in [-0.2, 0) is 4.79 Å². The molecule has 3 aromatic rings. The van der Waals surface area contributed by atoms with E-state index in [1.807, 2.05) is 54.6 Å². The monoisotopic (exact) mass is 315 g/mol. The highest BCUT2D eigenvalue weighted by Gasteiger charge is 2.14. The summed E-state index contributed by atoms with van der Waals surface area (Å²) in [6.45, 7) is 1.43. The third-order valence-corrected chi connectivity index (χ3v) is 3.74. The number of ketones is 1. The van der Waals surface area contributed by atoms with Gasteiger partial charge in [-0.25, -0.2) is 0 Å². The van der Waals surface area contributed by atoms with Gasteiger partial charge >= 0.3 is 0 Å². The Balaban J connectivity index is 1.90. The predicted octanol–water partition coefficient (Wildman–Crippen LogP) is 4.54. The number of rotatable bonds is 4. The average Bonchev–Trinajstić information content (AvgIpc) is 2.62. The van der Waals surface area contributed by atoms with Crippen molar-refractivity contribution in [3.05, 3.63) is 90.0 Å². The topological polar surface area (TPSA) is 46.2 Å². The van der Waals surface area contributed by atoms with E-state index < -0.39 is 0 Å². The van der Waals surface area contributed by atoms with E-state index in [1.165, 1.54) is 6.92 Å². The zero-order valence-corrected chi connectivity index (χ0v) is 13.3. The van der Waals surface area contributed by atoms with Gasteiger partial charge in [-0.3, -0.25) is 9.59 Å². The Morgan fingerprint density at radius 2 is 1.29 bits per heavy atom. The quantitative estimate of drug-likeness (QED) is 0.718. The molecule has 0 aliphatic heterocycles. The van der Waals surface area contributed by atoms with Crippen LogP contribution in [0.5, 0.6) is 0 Å². The fraction of sp³-hybridized carbons (Fsp3) is 0.0476. The summed E-state index contributed by atoms with van der Waals surface area (Å²) >= 11 is 0. The maximum Gasteiger partial charge on any atom is 0.221 e. The fourth-order valence-corrected chi connectivity index (χ4v) is 2.58. The smallest absolute Gasteiger partial charge is 0.221 e. The van der Waals surface area contributed by atoms with Crippen molar-refractivity contribution in [3.63, 3.8) is 0 Å². The molecule has 0 radical (unpaired) electrons. The molecule has 0 aromatic heterocycles. The van der Waals surface area contributed by atoms with Gasteiger partial charge in [0.05, 0.1) is 5.69 Å². The molecule has 0 saturated heterocycles. The molecule has 0 heterocycles. The SMILES string of the molecule is CC(=O)Nc1ccccc1C(=O)c1ccc(-c2ccccc2)cc1. The zero-order chi connectivity index (χ0) is 16.9. The molecule has 3 nitrogen and oxygen atoms in total. The molecule has 0 unspecified atom stereocenters. The van der Waals surface area contributed by atoms with Crippen molar-refractivity contribution < 1.29 is 9.59 Å². The van der Waals surface area contributed by atoms with E-state index in [2.05, 4.69) is 5.32 Å². The predicted molar refractivity (Wildman–Crippen MR) is 96.1 cm³/mol. The van der Waals surface area contributed by atoms with Crippen LogP contribution in [0.1, 0.15) is 22.8 Å². The van der Waals surface area contributed by atoms with Crippen LogP contribution in [0.15, 0.2) is 78.9 Å². The van der Waals surface area contributed by atoms with Crippen molar-refractivity contribution >= 4 is 17.4 Å². The molecular formula is C21H17NO2. The van der Waals surface area contributed by atoms with Crippen LogP contribution in [0.25, 0.3) is 11.1 Å². The van der Waals surface area contributed by atoms with Crippen LogP contribution in [-0.4, -0.2) is 11.7 Å².